The zero-order valence-corrected chi connectivity index (χ0v) is 18.7. The van der Waals surface area contributed by atoms with Gasteiger partial charge in [-0.15, -0.1) is 0 Å². The Hall–Kier alpha value is -3.49. The Labute approximate surface area is 195 Å². The molecule has 1 aliphatic carbocycles. The van der Waals surface area contributed by atoms with Crippen LogP contribution >= 0.6 is 0 Å². The van der Waals surface area contributed by atoms with Crippen LogP contribution in [0, 0.1) is 5.92 Å². The first-order valence-corrected chi connectivity index (χ1v) is 11.2. The van der Waals surface area contributed by atoms with E-state index in [0.29, 0.717) is 0 Å². The van der Waals surface area contributed by atoms with E-state index in [9.17, 15) is 23.2 Å². The first kappa shape index (κ1) is 23.7. The van der Waals surface area contributed by atoms with Gasteiger partial charge in [0.1, 0.15) is 12.5 Å². The number of alkyl halides is 2. The molecule has 0 bridgehead atoms. The minimum Gasteiger partial charge on any atom is -0.481 e. The third-order valence-corrected chi connectivity index (χ3v) is 6.47. The van der Waals surface area contributed by atoms with Gasteiger partial charge in [0.05, 0.1) is 0 Å². The molecule has 4 rings (SSSR count). The molecule has 1 saturated heterocycles. The number of carboxylic acid groups (broad SMARTS) is 1. The second kappa shape index (κ2) is 9.40. The van der Waals surface area contributed by atoms with Gasteiger partial charge in [0, 0.05) is 37.9 Å². The molecule has 1 fully saturated rings. The highest BCUT2D eigenvalue weighted by atomic mass is 19.3. The minimum atomic E-state index is -3.35. The van der Waals surface area contributed by atoms with Crippen LogP contribution in [0.5, 0.6) is 0 Å². The van der Waals surface area contributed by atoms with Crippen molar-refractivity contribution in [1.82, 2.24) is 10.2 Å². The summed E-state index contributed by atoms with van der Waals surface area (Å²) in [5.74, 6) is -7.51. The molecule has 2 aromatic carbocycles. The molecule has 0 saturated carbocycles. The van der Waals surface area contributed by atoms with Crippen molar-refractivity contribution in [2.24, 2.45) is 5.92 Å². The van der Waals surface area contributed by atoms with E-state index in [2.05, 4.69) is 5.32 Å². The maximum absolute atomic E-state index is 13.8. The predicted octanol–water partition coefficient (Wildman–Crippen LogP) is 3.87. The molecule has 2 aliphatic rings. The Morgan fingerprint density at radius 1 is 1.12 bits per heavy atom. The van der Waals surface area contributed by atoms with Crippen LogP contribution in [0.15, 0.2) is 48.5 Å². The quantitative estimate of drug-likeness (QED) is 0.666. The fourth-order valence-electron chi connectivity index (χ4n) is 4.67. The second-order valence-corrected chi connectivity index (χ2v) is 8.82. The number of ether oxygens (including phenoxy) is 1. The lowest BCUT2D eigenvalue weighted by Crippen LogP contribution is -2.53. The fraction of sp³-hybridized carbons (Fsp3) is 0.400. The van der Waals surface area contributed by atoms with E-state index < -0.39 is 48.8 Å². The number of amides is 2. The van der Waals surface area contributed by atoms with Gasteiger partial charge in [0.15, 0.2) is 0 Å². The largest absolute Gasteiger partial charge is 0.481 e. The monoisotopic (exact) mass is 472 g/mol. The molecule has 2 aromatic rings. The lowest BCUT2D eigenvalue weighted by molar-refractivity contribution is -0.169. The molecule has 180 valence electrons. The van der Waals surface area contributed by atoms with Crippen molar-refractivity contribution in [3.63, 3.8) is 0 Å². The number of nitrogens with one attached hydrogen (secondary N) is 1. The van der Waals surface area contributed by atoms with Gasteiger partial charge in [-0.05, 0) is 29.2 Å². The molecule has 1 unspecified atom stereocenters. The van der Waals surface area contributed by atoms with Crippen LogP contribution in [-0.2, 0) is 14.3 Å². The summed E-state index contributed by atoms with van der Waals surface area (Å²) in [7, 11) is 0. The summed E-state index contributed by atoms with van der Waals surface area (Å²) in [6.07, 6.45) is -1.54. The smallest absolute Gasteiger partial charge is 0.407 e. The maximum Gasteiger partial charge on any atom is 0.407 e. The van der Waals surface area contributed by atoms with Crippen molar-refractivity contribution in [2.75, 3.05) is 19.7 Å². The molecule has 0 radical (unpaired) electrons. The standard InChI is InChI=1S/C25H26F2N2O5/c1-15(12-22(30)29-11-10-25(26,27)21(13-29)23(31)32)28-24(33)34-14-20-18-8-4-2-6-16(18)17-7-3-5-9-19(17)20/h2-9,15,20-21H,10-14H2,1H3,(H,28,33)(H,31,32)/t15-,21?/m1/s1. The Kier molecular flexibility index (Phi) is 6.54. The van der Waals surface area contributed by atoms with Crippen molar-refractivity contribution >= 4 is 18.0 Å². The maximum atomic E-state index is 13.8. The number of likely N-dealkylation sites (tertiary alicyclic amines) is 1. The third kappa shape index (κ3) is 4.73. The zero-order valence-electron chi connectivity index (χ0n) is 18.7. The number of piperidine rings is 1. The van der Waals surface area contributed by atoms with Crippen molar-refractivity contribution in [3.8, 4) is 11.1 Å². The molecule has 34 heavy (non-hydrogen) atoms. The summed E-state index contributed by atoms with van der Waals surface area (Å²) in [5.41, 5.74) is 4.37. The number of benzene rings is 2. The number of halogens is 2. The van der Waals surface area contributed by atoms with Gasteiger partial charge in [-0.3, -0.25) is 9.59 Å². The molecule has 0 spiro atoms. The number of aliphatic carboxylic acids is 1. The summed E-state index contributed by atoms with van der Waals surface area (Å²) < 4.78 is 33.1. The van der Waals surface area contributed by atoms with E-state index in [4.69, 9.17) is 9.84 Å². The summed E-state index contributed by atoms with van der Waals surface area (Å²) in [6, 6.07) is 15.3. The number of fused-ring (bicyclic) bond motifs is 3. The highest BCUT2D eigenvalue weighted by Crippen LogP contribution is 2.44. The second-order valence-electron chi connectivity index (χ2n) is 8.82. The van der Waals surface area contributed by atoms with Crippen LogP contribution in [0.4, 0.5) is 13.6 Å². The van der Waals surface area contributed by atoms with E-state index in [1.54, 1.807) is 6.92 Å². The van der Waals surface area contributed by atoms with E-state index >= 15 is 0 Å². The van der Waals surface area contributed by atoms with Crippen molar-refractivity contribution < 1.29 is 33.0 Å². The van der Waals surface area contributed by atoms with Gasteiger partial charge in [-0.2, -0.15) is 0 Å². The molecule has 2 atom stereocenters. The molecule has 2 N–H and O–H groups in total. The molecule has 2 amide bonds. The summed E-state index contributed by atoms with van der Waals surface area (Å²) >= 11 is 0. The number of alkyl carbamates (subject to hydrolysis) is 1. The van der Waals surface area contributed by atoms with Gasteiger partial charge >= 0.3 is 12.1 Å². The van der Waals surface area contributed by atoms with E-state index in [1.165, 1.54) is 0 Å². The van der Waals surface area contributed by atoms with Crippen molar-refractivity contribution in [1.29, 1.82) is 0 Å². The van der Waals surface area contributed by atoms with Gasteiger partial charge in [-0.1, -0.05) is 48.5 Å². The van der Waals surface area contributed by atoms with E-state index in [1.807, 2.05) is 48.5 Å². The molecule has 7 nitrogen and oxygen atoms in total. The van der Waals surface area contributed by atoms with Crippen LogP contribution in [0.1, 0.15) is 36.8 Å². The molecule has 9 heteroatoms. The lowest BCUT2D eigenvalue weighted by Gasteiger charge is -2.36. The zero-order chi connectivity index (χ0) is 24.5. The molecule has 1 aliphatic heterocycles. The Bertz CT molecular complexity index is 1060. The topological polar surface area (TPSA) is 95.9 Å². The highest BCUT2D eigenvalue weighted by Gasteiger charge is 2.49. The fourth-order valence-corrected chi connectivity index (χ4v) is 4.67. The number of carbonyl (C=O) groups excluding carboxylic acids is 2. The normalized spacial score (nSPS) is 19.6. The molecule has 1 heterocycles. The average molecular weight is 472 g/mol. The number of nitrogens with zero attached hydrogens (tertiary/aromatic N) is 1. The number of carbonyl (C=O) groups is 3. The third-order valence-electron chi connectivity index (χ3n) is 6.47. The SMILES string of the molecule is C[C@H](CC(=O)N1CCC(F)(F)C(C(=O)O)C1)NC(=O)OCC1c2ccccc2-c2ccccc21. The molecular weight excluding hydrogens is 446 g/mol. The number of hydrogen-bond acceptors (Lipinski definition) is 4. The van der Waals surface area contributed by atoms with Gasteiger partial charge in [0.2, 0.25) is 5.91 Å². The van der Waals surface area contributed by atoms with E-state index in [0.717, 1.165) is 27.2 Å². The first-order chi connectivity index (χ1) is 16.2. The van der Waals surface area contributed by atoms with Crippen molar-refractivity contribution in [3.05, 3.63) is 59.7 Å². The van der Waals surface area contributed by atoms with Crippen LogP contribution in [0.2, 0.25) is 0 Å². The number of rotatable bonds is 6. The van der Waals surface area contributed by atoms with Gasteiger partial charge in [-0.25, -0.2) is 13.6 Å². The van der Waals surface area contributed by atoms with Crippen LogP contribution in [0.3, 0.4) is 0 Å². The number of carboxylic acids is 1. The van der Waals surface area contributed by atoms with Crippen molar-refractivity contribution in [2.45, 2.75) is 37.6 Å². The Morgan fingerprint density at radius 3 is 2.29 bits per heavy atom. The van der Waals surface area contributed by atoms with E-state index in [-0.39, 0.29) is 25.5 Å². The average Bonchev–Trinajstić information content (AvgIpc) is 3.11. The summed E-state index contributed by atoms with van der Waals surface area (Å²) in [6.45, 7) is 0.945. The van der Waals surface area contributed by atoms with Crippen LogP contribution in [-0.4, -0.2) is 59.6 Å². The molecular formula is C25H26F2N2O5. The highest BCUT2D eigenvalue weighted by molar-refractivity contribution is 5.80. The van der Waals surface area contributed by atoms with Gasteiger partial charge in [0.25, 0.3) is 5.92 Å². The summed E-state index contributed by atoms with van der Waals surface area (Å²) in [4.78, 5) is 37.2. The van der Waals surface area contributed by atoms with Gasteiger partial charge < -0.3 is 20.1 Å². The van der Waals surface area contributed by atoms with Crippen LogP contribution in [0.25, 0.3) is 11.1 Å². The lowest BCUT2D eigenvalue weighted by atomic mass is 9.93. The molecule has 0 aromatic heterocycles. The van der Waals surface area contributed by atoms with Crippen LogP contribution < -0.4 is 5.32 Å². The predicted molar refractivity (Wildman–Crippen MR) is 120 cm³/mol. The number of hydrogen-bond donors (Lipinski definition) is 2. The Morgan fingerprint density at radius 2 is 1.71 bits per heavy atom. The first-order valence-electron chi connectivity index (χ1n) is 11.2. The Balaban J connectivity index is 1.30. The summed E-state index contributed by atoms with van der Waals surface area (Å²) in [5, 5.41) is 11.7. The minimum absolute atomic E-state index is 0.0990.